The van der Waals surface area contributed by atoms with Crippen molar-refractivity contribution in [3.63, 3.8) is 0 Å². The average molecular weight is 263 g/mol. The number of rotatable bonds is 6. The number of benzene rings is 1. The molecule has 0 aromatic heterocycles. The van der Waals surface area contributed by atoms with Crippen molar-refractivity contribution in [2.75, 3.05) is 6.54 Å². The zero-order valence-corrected chi connectivity index (χ0v) is 12.6. The van der Waals surface area contributed by atoms with Crippen LogP contribution in [0.1, 0.15) is 51.7 Å². The largest absolute Gasteiger partial charge is 0.480 e. The van der Waals surface area contributed by atoms with Gasteiger partial charge in [0.15, 0.2) is 0 Å². The molecule has 0 spiro atoms. The van der Waals surface area contributed by atoms with E-state index in [-0.39, 0.29) is 0 Å². The summed E-state index contributed by atoms with van der Waals surface area (Å²) in [6, 6.07) is 8.44. The van der Waals surface area contributed by atoms with Crippen LogP contribution in [-0.4, -0.2) is 28.1 Å². The summed E-state index contributed by atoms with van der Waals surface area (Å²) in [5, 5.41) is 9.30. The Morgan fingerprint density at radius 1 is 1.26 bits per heavy atom. The van der Waals surface area contributed by atoms with Crippen LogP contribution in [0, 0.1) is 0 Å². The van der Waals surface area contributed by atoms with Crippen LogP contribution in [-0.2, 0) is 11.3 Å². The molecule has 0 saturated heterocycles. The Labute approximate surface area is 116 Å². The van der Waals surface area contributed by atoms with Crippen molar-refractivity contribution in [1.29, 1.82) is 0 Å². The lowest BCUT2D eigenvalue weighted by Crippen LogP contribution is -2.49. The second-order valence-corrected chi connectivity index (χ2v) is 5.77. The number of hydrogen-bond donors (Lipinski definition) is 1. The van der Waals surface area contributed by atoms with E-state index < -0.39 is 11.5 Å². The molecule has 1 aromatic carbocycles. The zero-order valence-electron chi connectivity index (χ0n) is 12.6. The molecule has 1 aromatic rings. The van der Waals surface area contributed by atoms with Gasteiger partial charge in [0.2, 0.25) is 0 Å². The van der Waals surface area contributed by atoms with E-state index in [1.54, 1.807) is 13.8 Å². The highest BCUT2D eigenvalue weighted by atomic mass is 16.4. The Morgan fingerprint density at radius 2 is 1.79 bits per heavy atom. The highest BCUT2D eigenvalue weighted by Gasteiger charge is 2.33. The second kappa shape index (κ2) is 6.20. The van der Waals surface area contributed by atoms with Gasteiger partial charge in [0.1, 0.15) is 5.54 Å². The topological polar surface area (TPSA) is 40.5 Å². The molecule has 106 valence electrons. The Morgan fingerprint density at radius 3 is 2.16 bits per heavy atom. The van der Waals surface area contributed by atoms with Crippen molar-refractivity contribution < 1.29 is 9.90 Å². The lowest BCUT2D eigenvalue weighted by atomic mass is 9.99. The van der Waals surface area contributed by atoms with Gasteiger partial charge in [0.25, 0.3) is 0 Å². The fourth-order valence-corrected chi connectivity index (χ4v) is 2.07. The summed E-state index contributed by atoms with van der Waals surface area (Å²) >= 11 is 0. The summed E-state index contributed by atoms with van der Waals surface area (Å²) in [5.41, 5.74) is 1.62. The van der Waals surface area contributed by atoms with Crippen LogP contribution >= 0.6 is 0 Å². The van der Waals surface area contributed by atoms with Crippen molar-refractivity contribution in [3.05, 3.63) is 35.4 Å². The fraction of sp³-hybridized carbons (Fsp3) is 0.562. The number of carbonyl (C=O) groups is 1. The second-order valence-electron chi connectivity index (χ2n) is 5.77. The summed E-state index contributed by atoms with van der Waals surface area (Å²) < 4.78 is 0. The first kappa shape index (κ1) is 15.7. The van der Waals surface area contributed by atoms with Crippen LogP contribution in [0.15, 0.2) is 24.3 Å². The smallest absolute Gasteiger partial charge is 0.323 e. The van der Waals surface area contributed by atoms with E-state index in [1.807, 2.05) is 11.8 Å². The van der Waals surface area contributed by atoms with Gasteiger partial charge in [0, 0.05) is 6.54 Å². The van der Waals surface area contributed by atoms with Crippen molar-refractivity contribution in [2.45, 2.75) is 52.6 Å². The highest BCUT2D eigenvalue weighted by molar-refractivity contribution is 5.77. The van der Waals surface area contributed by atoms with Gasteiger partial charge in [-0.2, -0.15) is 0 Å². The molecule has 0 aliphatic heterocycles. The van der Waals surface area contributed by atoms with Gasteiger partial charge >= 0.3 is 5.97 Å². The van der Waals surface area contributed by atoms with Crippen LogP contribution in [0.2, 0.25) is 0 Å². The summed E-state index contributed by atoms with van der Waals surface area (Å²) in [7, 11) is 0. The van der Waals surface area contributed by atoms with E-state index in [1.165, 1.54) is 5.56 Å². The van der Waals surface area contributed by atoms with Gasteiger partial charge in [-0.25, -0.2) is 0 Å². The lowest BCUT2D eigenvalue weighted by Gasteiger charge is -2.34. The fourth-order valence-electron chi connectivity index (χ4n) is 2.07. The molecule has 0 radical (unpaired) electrons. The average Bonchev–Trinajstić information content (AvgIpc) is 2.35. The third-order valence-electron chi connectivity index (χ3n) is 3.72. The predicted octanol–water partition coefficient (Wildman–Crippen LogP) is 3.50. The number of nitrogens with zero attached hydrogens (tertiary/aromatic N) is 1. The SMILES string of the molecule is CCN(Cc1ccc(C(C)C)cc1)C(C)(C)C(=O)O. The van der Waals surface area contributed by atoms with Crippen LogP contribution < -0.4 is 0 Å². The first-order valence-electron chi connectivity index (χ1n) is 6.86. The molecule has 3 nitrogen and oxygen atoms in total. The van der Waals surface area contributed by atoms with Crippen LogP contribution in [0.4, 0.5) is 0 Å². The molecule has 3 heteroatoms. The minimum atomic E-state index is -0.842. The summed E-state index contributed by atoms with van der Waals surface area (Å²) in [4.78, 5) is 13.3. The first-order chi connectivity index (χ1) is 8.78. The van der Waals surface area contributed by atoms with Crippen LogP contribution in [0.3, 0.4) is 0 Å². The molecule has 0 bridgehead atoms. The summed E-state index contributed by atoms with van der Waals surface area (Å²) in [5.74, 6) is -0.264. The van der Waals surface area contributed by atoms with E-state index in [0.717, 1.165) is 5.56 Å². The van der Waals surface area contributed by atoms with Gasteiger partial charge in [-0.1, -0.05) is 45.0 Å². The molecule has 0 atom stereocenters. The van der Waals surface area contributed by atoms with Crippen molar-refractivity contribution in [3.8, 4) is 0 Å². The predicted molar refractivity (Wildman–Crippen MR) is 78.3 cm³/mol. The zero-order chi connectivity index (χ0) is 14.6. The Bertz CT molecular complexity index is 421. The Balaban J connectivity index is 2.84. The quantitative estimate of drug-likeness (QED) is 0.854. The van der Waals surface area contributed by atoms with Crippen molar-refractivity contribution in [1.82, 2.24) is 4.90 Å². The van der Waals surface area contributed by atoms with Gasteiger partial charge in [-0.05, 0) is 37.4 Å². The van der Waals surface area contributed by atoms with Gasteiger partial charge in [-0.15, -0.1) is 0 Å². The Kier molecular flexibility index (Phi) is 5.12. The molecular formula is C16H25NO2. The summed E-state index contributed by atoms with van der Waals surface area (Å²) in [6.45, 7) is 11.2. The molecule has 1 rings (SSSR count). The number of carboxylic acid groups (broad SMARTS) is 1. The maximum Gasteiger partial charge on any atom is 0.323 e. The number of carboxylic acids is 1. The van der Waals surface area contributed by atoms with Gasteiger partial charge in [0.05, 0.1) is 0 Å². The molecule has 0 saturated carbocycles. The summed E-state index contributed by atoms with van der Waals surface area (Å²) in [6.07, 6.45) is 0. The molecule has 0 unspecified atom stereocenters. The minimum Gasteiger partial charge on any atom is -0.480 e. The highest BCUT2D eigenvalue weighted by Crippen LogP contribution is 2.20. The van der Waals surface area contributed by atoms with E-state index in [2.05, 4.69) is 38.1 Å². The third kappa shape index (κ3) is 3.80. The van der Waals surface area contributed by atoms with E-state index in [0.29, 0.717) is 19.0 Å². The molecule has 0 aliphatic rings. The molecule has 1 N–H and O–H groups in total. The maximum absolute atomic E-state index is 11.3. The maximum atomic E-state index is 11.3. The molecule has 0 amide bonds. The van der Waals surface area contributed by atoms with Gasteiger partial charge in [-0.3, -0.25) is 9.69 Å². The number of hydrogen-bond acceptors (Lipinski definition) is 2. The molecule has 0 aliphatic carbocycles. The molecule has 0 fully saturated rings. The van der Waals surface area contributed by atoms with Crippen LogP contribution in [0.25, 0.3) is 0 Å². The third-order valence-corrected chi connectivity index (χ3v) is 3.72. The van der Waals surface area contributed by atoms with Crippen molar-refractivity contribution in [2.24, 2.45) is 0 Å². The standard InChI is InChI=1S/C16H25NO2/c1-6-17(16(4,5)15(18)19)11-13-7-9-14(10-8-13)12(2)3/h7-10,12H,6,11H2,1-5H3,(H,18,19). The monoisotopic (exact) mass is 263 g/mol. The van der Waals surface area contributed by atoms with Gasteiger partial charge < -0.3 is 5.11 Å². The normalized spacial score (nSPS) is 12.2. The molecule has 0 heterocycles. The Hall–Kier alpha value is -1.35. The van der Waals surface area contributed by atoms with E-state index >= 15 is 0 Å². The first-order valence-corrected chi connectivity index (χ1v) is 6.86. The van der Waals surface area contributed by atoms with E-state index in [9.17, 15) is 9.90 Å². The molecule has 19 heavy (non-hydrogen) atoms. The van der Waals surface area contributed by atoms with E-state index in [4.69, 9.17) is 0 Å². The number of likely N-dealkylation sites (N-methyl/N-ethyl adjacent to an activating group) is 1. The molecular weight excluding hydrogens is 238 g/mol. The van der Waals surface area contributed by atoms with Crippen molar-refractivity contribution >= 4 is 5.97 Å². The number of aliphatic carboxylic acids is 1. The van der Waals surface area contributed by atoms with Crippen LogP contribution in [0.5, 0.6) is 0 Å². The minimum absolute atomic E-state index is 0.520. The lowest BCUT2D eigenvalue weighted by molar-refractivity contribution is -0.149.